The van der Waals surface area contributed by atoms with Gasteiger partial charge in [-0.15, -0.1) is 0 Å². The summed E-state index contributed by atoms with van der Waals surface area (Å²) in [7, 11) is -3.82. The van der Waals surface area contributed by atoms with E-state index in [9.17, 15) is 27.6 Å². The van der Waals surface area contributed by atoms with Gasteiger partial charge < -0.3 is 25.4 Å². The van der Waals surface area contributed by atoms with Crippen LogP contribution in [0.3, 0.4) is 0 Å². The van der Waals surface area contributed by atoms with Crippen LogP contribution >= 0.6 is 0 Å². The molecule has 1 aromatic carbocycles. The number of carbonyl (C=O) groups is 4. The van der Waals surface area contributed by atoms with Gasteiger partial charge in [-0.05, 0) is 44.6 Å². The van der Waals surface area contributed by atoms with Crippen LogP contribution in [0.2, 0.25) is 0 Å². The zero-order valence-electron chi connectivity index (χ0n) is 24.9. The van der Waals surface area contributed by atoms with Gasteiger partial charge in [0, 0.05) is 24.6 Å². The zero-order valence-corrected chi connectivity index (χ0v) is 25.7. The van der Waals surface area contributed by atoms with Crippen molar-refractivity contribution in [2.75, 3.05) is 19.4 Å². The van der Waals surface area contributed by atoms with Crippen molar-refractivity contribution in [2.24, 2.45) is 11.8 Å². The first-order valence-corrected chi connectivity index (χ1v) is 16.0. The fourth-order valence-electron chi connectivity index (χ4n) is 4.49. The maximum Gasteiger partial charge on any atom is 0.330 e. The SMILES string of the molecule is CCOC(=O)C=C[C@H](C[C@@H]1CCNC1=O)NC(=O)[C@H](CC(C)C)NC(=O)[C@@H](NS(C)(=O)=O)C(C)OCc1ccccc1. The summed E-state index contributed by atoms with van der Waals surface area (Å²) in [6.07, 6.45) is 3.83. The summed E-state index contributed by atoms with van der Waals surface area (Å²) in [5, 5.41) is 8.29. The quantitative estimate of drug-likeness (QED) is 0.151. The molecule has 0 spiro atoms. The van der Waals surface area contributed by atoms with Crippen molar-refractivity contribution in [1.29, 1.82) is 0 Å². The first-order valence-electron chi connectivity index (χ1n) is 14.1. The zero-order chi connectivity index (χ0) is 31.3. The van der Waals surface area contributed by atoms with Crippen molar-refractivity contribution in [3.63, 3.8) is 0 Å². The molecular formula is C29H44N4O8S. The van der Waals surface area contributed by atoms with Gasteiger partial charge in [0.15, 0.2) is 0 Å². The van der Waals surface area contributed by atoms with Crippen LogP contribution in [0.25, 0.3) is 0 Å². The van der Waals surface area contributed by atoms with E-state index in [2.05, 4.69) is 20.7 Å². The van der Waals surface area contributed by atoms with Gasteiger partial charge >= 0.3 is 5.97 Å². The topological polar surface area (TPSA) is 169 Å². The van der Waals surface area contributed by atoms with Crippen LogP contribution in [0.4, 0.5) is 0 Å². The van der Waals surface area contributed by atoms with Crippen molar-refractivity contribution in [3.05, 3.63) is 48.0 Å². The molecule has 42 heavy (non-hydrogen) atoms. The van der Waals surface area contributed by atoms with Crippen LogP contribution in [-0.2, 0) is 45.3 Å². The average molecular weight is 609 g/mol. The molecule has 1 aliphatic rings. The second-order valence-electron chi connectivity index (χ2n) is 10.8. The molecule has 12 nitrogen and oxygen atoms in total. The van der Waals surface area contributed by atoms with E-state index in [-0.39, 0.29) is 43.8 Å². The normalized spacial score (nSPS) is 18.2. The first kappa shape index (κ1) is 34.9. The highest BCUT2D eigenvalue weighted by molar-refractivity contribution is 7.88. The predicted octanol–water partition coefficient (Wildman–Crippen LogP) is 1.17. The third-order valence-electron chi connectivity index (χ3n) is 6.57. The van der Waals surface area contributed by atoms with Gasteiger partial charge in [-0.2, -0.15) is 0 Å². The number of benzene rings is 1. The molecule has 0 saturated carbocycles. The molecular weight excluding hydrogens is 564 g/mol. The minimum absolute atomic E-state index is 0.0109. The minimum Gasteiger partial charge on any atom is -0.463 e. The van der Waals surface area contributed by atoms with Gasteiger partial charge in [-0.1, -0.05) is 50.3 Å². The number of nitrogens with one attached hydrogen (secondary N) is 4. The average Bonchev–Trinajstić information content (AvgIpc) is 3.32. The molecule has 13 heteroatoms. The standard InChI is InChI=1S/C29H44N4O8S/c1-6-40-25(34)13-12-23(17-22-14-15-30-27(22)35)31-28(36)24(16-19(2)3)32-29(37)26(33-42(5,38)39)20(4)41-18-21-10-8-7-9-11-21/h7-13,19-20,22-24,26,33H,6,14-18H2,1-5H3,(H,30,35)(H,31,36)(H,32,37)/t20?,22-,23+,24-,26-/m0/s1. The summed E-state index contributed by atoms with van der Waals surface area (Å²) in [6, 6.07) is 6.19. The number of rotatable bonds is 17. The molecule has 0 aromatic heterocycles. The number of ether oxygens (including phenoxy) is 2. The smallest absolute Gasteiger partial charge is 0.330 e. The van der Waals surface area contributed by atoms with E-state index in [1.807, 2.05) is 44.2 Å². The third-order valence-corrected chi connectivity index (χ3v) is 7.25. The van der Waals surface area contributed by atoms with Gasteiger partial charge in [0.1, 0.15) is 12.1 Å². The Bertz CT molecular complexity index is 1190. The van der Waals surface area contributed by atoms with Crippen LogP contribution in [0.15, 0.2) is 42.5 Å². The Hall–Kier alpha value is -3.29. The number of sulfonamides is 1. The van der Waals surface area contributed by atoms with Crippen molar-refractivity contribution >= 4 is 33.7 Å². The molecule has 1 heterocycles. The van der Waals surface area contributed by atoms with Crippen LogP contribution in [0.5, 0.6) is 0 Å². The van der Waals surface area contributed by atoms with Gasteiger partial charge in [-0.3, -0.25) is 14.4 Å². The fraction of sp³-hybridized carbons (Fsp3) is 0.586. The molecule has 5 atom stereocenters. The lowest BCUT2D eigenvalue weighted by atomic mass is 9.97. The van der Waals surface area contributed by atoms with Crippen LogP contribution in [0, 0.1) is 11.8 Å². The highest BCUT2D eigenvalue weighted by Crippen LogP contribution is 2.18. The molecule has 1 aliphatic heterocycles. The van der Waals surface area contributed by atoms with Crippen molar-refractivity contribution in [3.8, 4) is 0 Å². The first-order chi connectivity index (χ1) is 19.8. The summed E-state index contributed by atoms with van der Waals surface area (Å²) >= 11 is 0. The molecule has 2 rings (SSSR count). The Morgan fingerprint density at radius 3 is 2.36 bits per heavy atom. The summed E-state index contributed by atoms with van der Waals surface area (Å²) in [5.74, 6) is -2.35. The summed E-state index contributed by atoms with van der Waals surface area (Å²) in [6.45, 7) is 7.87. The third kappa shape index (κ3) is 12.7. The molecule has 1 unspecified atom stereocenters. The Labute approximate surface area is 248 Å². The van der Waals surface area contributed by atoms with E-state index in [1.54, 1.807) is 13.8 Å². The monoisotopic (exact) mass is 608 g/mol. The van der Waals surface area contributed by atoms with Crippen molar-refractivity contribution in [2.45, 2.75) is 77.8 Å². The largest absolute Gasteiger partial charge is 0.463 e. The molecule has 1 fully saturated rings. The summed E-state index contributed by atoms with van der Waals surface area (Å²) < 4.78 is 37.3. The molecule has 0 radical (unpaired) electrons. The van der Waals surface area contributed by atoms with Crippen LogP contribution < -0.4 is 20.7 Å². The van der Waals surface area contributed by atoms with E-state index in [4.69, 9.17) is 9.47 Å². The second-order valence-corrected chi connectivity index (χ2v) is 12.6. The number of esters is 1. The Kier molecular flexibility index (Phi) is 14.1. The van der Waals surface area contributed by atoms with E-state index in [1.165, 1.54) is 12.2 Å². The molecule has 234 valence electrons. The lowest BCUT2D eigenvalue weighted by Gasteiger charge is -2.28. The van der Waals surface area contributed by atoms with Crippen LogP contribution in [-0.4, -0.2) is 75.7 Å². The van der Waals surface area contributed by atoms with Gasteiger partial charge in [0.2, 0.25) is 27.7 Å². The van der Waals surface area contributed by atoms with E-state index >= 15 is 0 Å². The summed E-state index contributed by atoms with van der Waals surface area (Å²) in [5.41, 5.74) is 0.845. The molecule has 3 amide bonds. The lowest BCUT2D eigenvalue weighted by Crippen LogP contribution is -2.58. The maximum absolute atomic E-state index is 13.5. The van der Waals surface area contributed by atoms with E-state index in [0.29, 0.717) is 13.0 Å². The Morgan fingerprint density at radius 2 is 1.79 bits per heavy atom. The van der Waals surface area contributed by atoms with Crippen LogP contribution in [0.1, 0.15) is 52.5 Å². The molecule has 1 saturated heterocycles. The highest BCUT2D eigenvalue weighted by atomic mass is 32.2. The number of hydrogen-bond acceptors (Lipinski definition) is 8. The number of hydrogen-bond donors (Lipinski definition) is 4. The number of carbonyl (C=O) groups excluding carboxylic acids is 4. The predicted molar refractivity (Wildman–Crippen MR) is 157 cm³/mol. The van der Waals surface area contributed by atoms with E-state index in [0.717, 1.165) is 11.8 Å². The molecule has 0 bridgehead atoms. The molecule has 1 aromatic rings. The van der Waals surface area contributed by atoms with E-state index < -0.39 is 52.0 Å². The van der Waals surface area contributed by atoms with Crippen molar-refractivity contribution in [1.82, 2.24) is 20.7 Å². The maximum atomic E-state index is 13.5. The summed E-state index contributed by atoms with van der Waals surface area (Å²) in [4.78, 5) is 51.1. The lowest BCUT2D eigenvalue weighted by molar-refractivity contribution is -0.137. The number of amides is 3. The Balaban J connectivity index is 2.21. The van der Waals surface area contributed by atoms with Gasteiger partial charge in [-0.25, -0.2) is 17.9 Å². The minimum atomic E-state index is -3.82. The molecule has 4 N–H and O–H groups in total. The van der Waals surface area contributed by atoms with Gasteiger partial charge in [0.25, 0.3) is 0 Å². The highest BCUT2D eigenvalue weighted by Gasteiger charge is 2.33. The second kappa shape index (κ2) is 17.0. The Morgan fingerprint density at radius 1 is 1.10 bits per heavy atom. The fourth-order valence-corrected chi connectivity index (χ4v) is 5.25. The van der Waals surface area contributed by atoms with Crippen molar-refractivity contribution < 1.29 is 37.1 Å². The molecule has 0 aliphatic carbocycles. The van der Waals surface area contributed by atoms with Gasteiger partial charge in [0.05, 0.1) is 25.6 Å².